The van der Waals surface area contributed by atoms with E-state index in [9.17, 15) is 19.5 Å². The van der Waals surface area contributed by atoms with Crippen LogP contribution < -0.4 is 5.32 Å². The number of ether oxygens (including phenoxy) is 1. The largest absolute Gasteiger partial charge is 0.479 e. The number of carboxylic acid groups (broad SMARTS) is 1. The van der Waals surface area contributed by atoms with Crippen LogP contribution in [-0.2, 0) is 27.2 Å². The topological polar surface area (TPSA) is 95.9 Å². The zero-order chi connectivity index (χ0) is 28.3. The van der Waals surface area contributed by atoms with E-state index < -0.39 is 17.5 Å². The Hall–Kier alpha value is -3.87. The Morgan fingerprint density at radius 3 is 2.26 bits per heavy atom. The van der Waals surface area contributed by atoms with Gasteiger partial charge in [-0.3, -0.25) is 4.79 Å². The van der Waals surface area contributed by atoms with Crippen molar-refractivity contribution in [3.05, 3.63) is 83.9 Å². The molecule has 0 bridgehead atoms. The van der Waals surface area contributed by atoms with Crippen LogP contribution >= 0.6 is 0 Å². The number of aliphatic carboxylic acids is 1. The van der Waals surface area contributed by atoms with E-state index in [1.807, 2.05) is 93.6 Å². The summed E-state index contributed by atoms with van der Waals surface area (Å²) >= 11 is 0. The van der Waals surface area contributed by atoms with E-state index in [4.69, 9.17) is 4.74 Å². The molecule has 7 nitrogen and oxygen atoms in total. The van der Waals surface area contributed by atoms with Gasteiger partial charge in [0.1, 0.15) is 5.54 Å². The van der Waals surface area contributed by atoms with Gasteiger partial charge in [0.2, 0.25) is 0 Å². The fourth-order valence-electron chi connectivity index (χ4n) is 4.63. The number of nitrogens with zero attached hydrogens (tertiary/aromatic N) is 1. The summed E-state index contributed by atoms with van der Waals surface area (Å²) in [6.45, 7) is 6.85. The van der Waals surface area contributed by atoms with Gasteiger partial charge in [-0.15, -0.1) is 0 Å². The van der Waals surface area contributed by atoms with Crippen LogP contribution in [0, 0.1) is 5.92 Å². The fourth-order valence-corrected chi connectivity index (χ4v) is 4.63. The molecule has 39 heavy (non-hydrogen) atoms. The minimum atomic E-state index is -1.60. The lowest BCUT2D eigenvalue weighted by molar-refractivity contribution is -0.145. The molecular weight excluding hydrogens is 492 g/mol. The maximum Gasteiger partial charge on any atom is 0.330 e. The summed E-state index contributed by atoms with van der Waals surface area (Å²) in [4.78, 5) is 40.4. The third-order valence-electron chi connectivity index (χ3n) is 6.64. The van der Waals surface area contributed by atoms with Crippen molar-refractivity contribution in [2.75, 3.05) is 19.7 Å². The number of fused-ring (bicyclic) bond motifs is 1. The number of hydrogen-bond donors (Lipinski definition) is 2. The number of hydrogen-bond acceptors (Lipinski definition) is 4. The number of esters is 1. The zero-order valence-corrected chi connectivity index (χ0v) is 23.2. The average Bonchev–Trinajstić information content (AvgIpc) is 2.91. The molecule has 0 spiro atoms. The number of nitrogens with one attached hydrogen (secondary N) is 1. The Morgan fingerprint density at radius 1 is 0.923 bits per heavy atom. The van der Waals surface area contributed by atoms with Crippen molar-refractivity contribution in [2.24, 2.45) is 5.92 Å². The maximum atomic E-state index is 13.7. The van der Waals surface area contributed by atoms with Crippen molar-refractivity contribution in [3.8, 4) is 0 Å². The molecular formula is C32H40N2O5. The smallest absolute Gasteiger partial charge is 0.330 e. The summed E-state index contributed by atoms with van der Waals surface area (Å²) in [5, 5.41) is 15.6. The van der Waals surface area contributed by atoms with Gasteiger partial charge in [-0.25, -0.2) is 9.59 Å². The standard InChI is InChI=1S/C32H40N2O5/c1-4-5-19-39-29(35)17-18-34(23-24(2)3)31(38)33-32(30(36)37,21-25-11-7-6-8-12-25)22-26-15-16-27-13-9-10-14-28(27)20-26/h6-16,20,24H,4-5,17-19,21-23H2,1-3H3,(H,33,38)(H,36,37)/t32-/m0/s1. The van der Waals surface area contributed by atoms with Crippen LogP contribution in [0.5, 0.6) is 0 Å². The molecule has 3 rings (SSSR count). The highest BCUT2D eigenvalue weighted by molar-refractivity contribution is 5.88. The summed E-state index contributed by atoms with van der Waals surface area (Å²) in [5.74, 6) is -1.35. The average molecular weight is 533 g/mol. The lowest BCUT2D eigenvalue weighted by Gasteiger charge is -2.34. The molecule has 0 aromatic heterocycles. The van der Waals surface area contributed by atoms with Gasteiger partial charge < -0.3 is 20.1 Å². The molecule has 0 saturated heterocycles. The molecule has 3 aromatic rings. The van der Waals surface area contributed by atoms with E-state index in [0.717, 1.165) is 34.7 Å². The Kier molecular flexibility index (Phi) is 10.9. The first kappa shape index (κ1) is 29.7. The molecule has 2 amide bonds. The maximum absolute atomic E-state index is 13.7. The lowest BCUT2D eigenvalue weighted by Crippen LogP contribution is -2.61. The Morgan fingerprint density at radius 2 is 1.59 bits per heavy atom. The highest BCUT2D eigenvalue weighted by atomic mass is 16.5. The van der Waals surface area contributed by atoms with Crippen LogP contribution in [-0.4, -0.2) is 53.2 Å². The summed E-state index contributed by atoms with van der Waals surface area (Å²) in [7, 11) is 0. The predicted molar refractivity (Wildman–Crippen MR) is 154 cm³/mol. The van der Waals surface area contributed by atoms with Gasteiger partial charge in [-0.1, -0.05) is 100.0 Å². The Labute approximate surface area is 231 Å². The molecule has 0 radical (unpaired) electrons. The van der Waals surface area contributed by atoms with E-state index in [1.165, 1.54) is 4.90 Å². The van der Waals surface area contributed by atoms with Gasteiger partial charge in [-0.05, 0) is 34.2 Å². The van der Waals surface area contributed by atoms with E-state index in [0.29, 0.717) is 13.2 Å². The number of rotatable bonds is 14. The monoisotopic (exact) mass is 532 g/mol. The van der Waals surface area contributed by atoms with Gasteiger partial charge in [-0.2, -0.15) is 0 Å². The molecule has 0 fully saturated rings. The molecule has 0 unspecified atom stereocenters. The number of amides is 2. The number of benzene rings is 3. The van der Waals surface area contributed by atoms with Gasteiger partial charge >= 0.3 is 18.0 Å². The zero-order valence-electron chi connectivity index (χ0n) is 23.2. The molecule has 0 heterocycles. The van der Waals surface area contributed by atoms with Crippen LogP contribution in [0.1, 0.15) is 51.2 Å². The lowest BCUT2D eigenvalue weighted by atomic mass is 9.84. The third kappa shape index (κ3) is 8.84. The first-order valence-electron chi connectivity index (χ1n) is 13.7. The Bertz CT molecular complexity index is 1240. The summed E-state index contributed by atoms with van der Waals surface area (Å²) in [6.07, 6.45) is 1.97. The van der Waals surface area contributed by atoms with Crippen molar-refractivity contribution in [1.82, 2.24) is 10.2 Å². The molecule has 3 aromatic carbocycles. The molecule has 7 heteroatoms. The van der Waals surface area contributed by atoms with Gasteiger partial charge in [0.05, 0.1) is 13.0 Å². The molecule has 0 aliphatic heterocycles. The summed E-state index contributed by atoms with van der Waals surface area (Å²) in [5.41, 5.74) is 0.00995. The minimum Gasteiger partial charge on any atom is -0.479 e. The van der Waals surface area contributed by atoms with Gasteiger partial charge in [0.25, 0.3) is 0 Å². The van der Waals surface area contributed by atoms with Crippen LogP contribution in [0.4, 0.5) is 4.79 Å². The number of carbonyl (C=O) groups excluding carboxylic acids is 2. The van der Waals surface area contributed by atoms with Crippen molar-refractivity contribution in [2.45, 2.75) is 58.4 Å². The SMILES string of the molecule is CCCCOC(=O)CCN(CC(C)C)C(=O)N[C@@](Cc1ccccc1)(Cc1ccc2ccccc2c1)C(=O)O. The van der Waals surface area contributed by atoms with E-state index in [2.05, 4.69) is 5.32 Å². The van der Waals surface area contributed by atoms with Crippen molar-refractivity contribution in [3.63, 3.8) is 0 Å². The summed E-state index contributed by atoms with van der Waals surface area (Å²) < 4.78 is 5.26. The molecule has 0 aliphatic rings. The highest BCUT2D eigenvalue weighted by Gasteiger charge is 2.41. The second-order valence-electron chi connectivity index (χ2n) is 10.5. The normalized spacial score (nSPS) is 12.6. The van der Waals surface area contributed by atoms with Crippen LogP contribution in [0.25, 0.3) is 10.8 Å². The quantitative estimate of drug-likeness (QED) is 0.201. The van der Waals surface area contributed by atoms with Crippen molar-refractivity contribution < 1.29 is 24.2 Å². The number of unbranched alkanes of at least 4 members (excludes halogenated alkanes) is 1. The second-order valence-corrected chi connectivity index (χ2v) is 10.5. The second kappa shape index (κ2) is 14.3. The van der Waals surface area contributed by atoms with Crippen molar-refractivity contribution in [1.29, 1.82) is 0 Å². The Balaban J connectivity index is 1.89. The molecule has 0 saturated carbocycles. The number of carbonyl (C=O) groups is 3. The summed E-state index contributed by atoms with van der Waals surface area (Å²) in [6, 6.07) is 22.6. The minimum absolute atomic E-state index is 0.0489. The molecule has 0 aliphatic carbocycles. The first-order chi connectivity index (χ1) is 18.7. The van der Waals surface area contributed by atoms with Gasteiger partial charge in [0, 0.05) is 25.9 Å². The molecule has 208 valence electrons. The van der Waals surface area contributed by atoms with Crippen LogP contribution in [0.15, 0.2) is 72.8 Å². The van der Waals surface area contributed by atoms with Crippen molar-refractivity contribution >= 4 is 28.7 Å². The molecule has 2 N–H and O–H groups in total. The number of urea groups is 1. The predicted octanol–water partition coefficient (Wildman–Crippen LogP) is 5.85. The first-order valence-corrected chi connectivity index (χ1v) is 13.7. The van der Waals surface area contributed by atoms with Crippen LogP contribution in [0.3, 0.4) is 0 Å². The third-order valence-corrected chi connectivity index (χ3v) is 6.64. The fraction of sp³-hybridized carbons (Fsp3) is 0.406. The van der Waals surface area contributed by atoms with E-state index >= 15 is 0 Å². The highest BCUT2D eigenvalue weighted by Crippen LogP contribution is 2.24. The number of carboxylic acids is 1. The van der Waals surface area contributed by atoms with Gasteiger partial charge in [0.15, 0.2) is 0 Å². The molecule has 1 atom stereocenters. The van der Waals surface area contributed by atoms with E-state index in [1.54, 1.807) is 0 Å². The van der Waals surface area contributed by atoms with E-state index in [-0.39, 0.29) is 37.7 Å². The van der Waals surface area contributed by atoms with Crippen LogP contribution in [0.2, 0.25) is 0 Å².